The van der Waals surface area contributed by atoms with Gasteiger partial charge in [-0.3, -0.25) is 4.79 Å². The summed E-state index contributed by atoms with van der Waals surface area (Å²) in [5.74, 6) is 0.509. The molecule has 0 aromatic heterocycles. The molecule has 3 nitrogen and oxygen atoms in total. The van der Waals surface area contributed by atoms with Crippen molar-refractivity contribution in [1.29, 1.82) is 0 Å². The molecule has 2 unspecified atom stereocenters. The van der Waals surface area contributed by atoms with Gasteiger partial charge in [0.15, 0.2) is 0 Å². The van der Waals surface area contributed by atoms with Crippen LogP contribution in [0.3, 0.4) is 0 Å². The van der Waals surface area contributed by atoms with Crippen LogP contribution in [0.15, 0.2) is 24.3 Å². The molecule has 1 fully saturated rings. The van der Waals surface area contributed by atoms with Crippen LogP contribution in [-0.4, -0.2) is 29.9 Å². The number of likely N-dealkylation sites (tertiary alicyclic amines) is 1. The van der Waals surface area contributed by atoms with Crippen molar-refractivity contribution in [1.82, 2.24) is 4.90 Å². The number of nitrogens with two attached hydrogens (primary N) is 1. The van der Waals surface area contributed by atoms with Crippen LogP contribution in [0.5, 0.6) is 0 Å². The summed E-state index contributed by atoms with van der Waals surface area (Å²) in [6.07, 6.45) is 2.14. The van der Waals surface area contributed by atoms with Gasteiger partial charge in [-0.05, 0) is 56.5 Å². The second kappa shape index (κ2) is 5.72. The van der Waals surface area contributed by atoms with Gasteiger partial charge in [0.05, 0.1) is 0 Å². The second-order valence-electron chi connectivity index (χ2n) is 4.99. The van der Waals surface area contributed by atoms with Gasteiger partial charge in [-0.2, -0.15) is 0 Å². The van der Waals surface area contributed by atoms with Crippen LogP contribution in [0, 0.1) is 5.92 Å². The summed E-state index contributed by atoms with van der Waals surface area (Å²) in [5.41, 5.74) is 6.41. The predicted octanol–water partition coefficient (Wildman–Crippen LogP) is 2.54. The molecule has 0 radical (unpaired) electrons. The zero-order valence-electron chi connectivity index (χ0n) is 10.6. The van der Waals surface area contributed by atoms with Crippen LogP contribution in [0.1, 0.15) is 30.1 Å². The highest BCUT2D eigenvalue weighted by atomic mass is 35.5. The molecule has 98 valence electrons. The first-order chi connectivity index (χ1) is 8.61. The Bertz CT molecular complexity index is 418. The molecule has 1 aromatic rings. The van der Waals surface area contributed by atoms with E-state index in [1.807, 2.05) is 4.90 Å². The van der Waals surface area contributed by atoms with Gasteiger partial charge >= 0.3 is 0 Å². The first-order valence-electron chi connectivity index (χ1n) is 6.38. The van der Waals surface area contributed by atoms with Crippen LogP contribution < -0.4 is 5.73 Å². The molecule has 1 saturated heterocycles. The summed E-state index contributed by atoms with van der Waals surface area (Å²) in [5, 5.41) is 0.651. The zero-order valence-corrected chi connectivity index (χ0v) is 11.4. The van der Waals surface area contributed by atoms with E-state index in [9.17, 15) is 4.79 Å². The minimum atomic E-state index is 0.0808. The predicted molar refractivity (Wildman–Crippen MR) is 73.7 cm³/mol. The van der Waals surface area contributed by atoms with Gasteiger partial charge in [0, 0.05) is 23.2 Å². The maximum atomic E-state index is 12.4. The van der Waals surface area contributed by atoms with Crippen LogP contribution in [0.25, 0.3) is 0 Å². The lowest BCUT2D eigenvalue weighted by molar-refractivity contribution is 0.0567. The Hall–Kier alpha value is -1.06. The van der Waals surface area contributed by atoms with Gasteiger partial charge in [0.25, 0.3) is 5.91 Å². The SMILES string of the molecule is CC1CCC(CN)CN1C(=O)c1ccc(Cl)cc1. The van der Waals surface area contributed by atoms with E-state index in [0.717, 1.165) is 19.4 Å². The average molecular weight is 267 g/mol. The number of amides is 1. The highest BCUT2D eigenvalue weighted by molar-refractivity contribution is 6.30. The summed E-state index contributed by atoms with van der Waals surface area (Å²) < 4.78 is 0. The lowest BCUT2D eigenvalue weighted by Crippen LogP contribution is -2.47. The molecule has 2 N–H and O–H groups in total. The first kappa shape index (κ1) is 13.4. The van der Waals surface area contributed by atoms with Crippen molar-refractivity contribution < 1.29 is 4.79 Å². The van der Waals surface area contributed by atoms with Gasteiger partial charge in [0.2, 0.25) is 0 Å². The molecular weight excluding hydrogens is 248 g/mol. The molecule has 1 aliphatic rings. The summed E-state index contributed by atoms with van der Waals surface area (Å²) in [4.78, 5) is 14.4. The quantitative estimate of drug-likeness (QED) is 0.894. The van der Waals surface area contributed by atoms with Crippen molar-refractivity contribution >= 4 is 17.5 Å². The number of halogens is 1. The molecule has 1 aromatic carbocycles. The molecule has 1 amide bonds. The average Bonchev–Trinajstić information content (AvgIpc) is 2.39. The third kappa shape index (κ3) is 2.85. The highest BCUT2D eigenvalue weighted by Crippen LogP contribution is 2.23. The topological polar surface area (TPSA) is 46.3 Å². The molecule has 4 heteroatoms. The fraction of sp³-hybridized carbons (Fsp3) is 0.500. The fourth-order valence-corrected chi connectivity index (χ4v) is 2.54. The highest BCUT2D eigenvalue weighted by Gasteiger charge is 2.28. The molecule has 2 atom stereocenters. The molecule has 0 saturated carbocycles. The monoisotopic (exact) mass is 266 g/mol. The molecule has 0 bridgehead atoms. The van der Waals surface area contributed by atoms with Crippen LogP contribution in [0.2, 0.25) is 5.02 Å². The molecule has 2 rings (SSSR count). The van der Waals surface area contributed by atoms with Gasteiger partial charge in [-0.15, -0.1) is 0 Å². The van der Waals surface area contributed by atoms with Crippen molar-refractivity contribution in [3.8, 4) is 0 Å². The van der Waals surface area contributed by atoms with E-state index in [1.165, 1.54) is 0 Å². The summed E-state index contributed by atoms with van der Waals surface area (Å²) in [6, 6.07) is 7.36. The van der Waals surface area contributed by atoms with E-state index in [1.54, 1.807) is 24.3 Å². The van der Waals surface area contributed by atoms with Crippen molar-refractivity contribution in [3.05, 3.63) is 34.9 Å². The fourth-order valence-electron chi connectivity index (χ4n) is 2.42. The summed E-state index contributed by atoms with van der Waals surface area (Å²) >= 11 is 5.83. The largest absolute Gasteiger partial charge is 0.336 e. The van der Waals surface area contributed by atoms with E-state index in [4.69, 9.17) is 17.3 Å². The van der Waals surface area contributed by atoms with E-state index in [2.05, 4.69) is 6.92 Å². The minimum Gasteiger partial charge on any atom is -0.336 e. The number of carbonyl (C=O) groups is 1. The number of nitrogens with zero attached hydrogens (tertiary/aromatic N) is 1. The number of hydrogen-bond acceptors (Lipinski definition) is 2. The minimum absolute atomic E-state index is 0.0808. The zero-order chi connectivity index (χ0) is 13.1. The third-order valence-corrected chi connectivity index (χ3v) is 3.92. The molecule has 0 aliphatic carbocycles. The normalized spacial score (nSPS) is 24.1. The Morgan fingerprint density at radius 3 is 2.67 bits per heavy atom. The second-order valence-corrected chi connectivity index (χ2v) is 5.43. The van der Waals surface area contributed by atoms with Crippen LogP contribution >= 0.6 is 11.6 Å². The number of carbonyl (C=O) groups excluding carboxylic acids is 1. The van der Waals surface area contributed by atoms with Gasteiger partial charge < -0.3 is 10.6 Å². The number of piperidine rings is 1. The van der Waals surface area contributed by atoms with Crippen molar-refractivity contribution in [2.45, 2.75) is 25.8 Å². The Labute approximate surface area is 113 Å². The van der Waals surface area contributed by atoms with E-state index < -0.39 is 0 Å². The Balaban J connectivity index is 2.13. The molecule has 18 heavy (non-hydrogen) atoms. The lowest BCUT2D eigenvalue weighted by atomic mass is 9.93. The van der Waals surface area contributed by atoms with Gasteiger partial charge in [0.1, 0.15) is 0 Å². The van der Waals surface area contributed by atoms with Crippen molar-refractivity contribution in [2.24, 2.45) is 11.7 Å². The smallest absolute Gasteiger partial charge is 0.254 e. The molecule has 0 spiro atoms. The Kier molecular flexibility index (Phi) is 4.25. The number of rotatable bonds is 2. The third-order valence-electron chi connectivity index (χ3n) is 3.67. The van der Waals surface area contributed by atoms with E-state index in [-0.39, 0.29) is 11.9 Å². The lowest BCUT2D eigenvalue weighted by Gasteiger charge is -2.37. The molecule has 1 aliphatic heterocycles. The van der Waals surface area contributed by atoms with E-state index >= 15 is 0 Å². The molecular formula is C14H19ClN2O. The number of benzene rings is 1. The van der Waals surface area contributed by atoms with Gasteiger partial charge in [-0.1, -0.05) is 11.6 Å². The Morgan fingerprint density at radius 2 is 2.06 bits per heavy atom. The van der Waals surface area contributed by atoms with Crippen LogP contribution in [0.4, 0.5) is 0 Å². The van der Waals surface area contributed by atoms with Crippen molar-refractivity contribution in [3.63, 3.8) is 0 Å². The standard InChI is InChI=1S/C14H19ClN2O/c1-10-2-3-11(8-16)9-17(10)14(18)12-4-6-13(15)7-5-12/h4-7,10-11H,2-3,8-9,16H2,1H3. The summed E-state index contributed by atoms with van der Waals surface area (Å²) in [7, 11) is 0. The van der Waals surface area contributed by atoms with Crippen molar-refractivity contribution in [2.75, 3.05) is 13.1 Å². The maximum Gasteiger partial charge on any atom is 0.254 e. The Morgan fingerprint density at radius 1 is 1.39 bits per heavy atom. The maximum absolute atomic E-state index is 12.4. The van der Waals surface area contributed by atoms with Gasteiger partial charge in [-0.25, -0.2) is 0 Å². The first-order valence-corrected chi connectivity index (χ1v) is 6.76. The van der Waals surface area contributed by atoms with E-state index in [0.29, 0.717) is 23.0 Å². The number of hydrogen-bond donors (Lipinski definition) is 1. The molecule has 1 heterocycles. The summed E-state index contributed by atoms with van der Waals surface area (Å²) in [6.45, 7) is 3.51. The van der Waals surface area contributed by atoms with Crippen LogP contribution in [-0.2, 0) is 0 Å².